The first-order valence-corrected chi connectivity index (χ1v) is 8.87. The molecule has 0 unspecified atom stereocenters. The Bertz CT molecular complexity index is 224. The highest BCUT2D eigenvalue weighted by molar-refractivity contribution is 6.74. The summed E-state index contributed by atoms with van der Waals surface area (Å²) >= 11 is 0. The fraction of sp³-hybridized carbons (Fsp3) is 1.00. The van der Waals surface area contributed by atoms with Crippen molar-refractivity contribution >= 4 is 8.32 Å². The molecule has 0 spiro atoms. The van der Waals surface area contributed by atoms with Gasteiger partial charge in [0.2, 0.25) is 0 Å². The molecule has 0 saturated heterocycles. The molecule has 2 nitrogen and oxygen atoms in total. The second-order valence-corrected chi connectivity index (χ2v) is 11.2. The molecule has 1 aliphatic rings. The Kier molecular flexibility index (Phi) is 3.40. The number of hydrogen-bond acceptors (Lipinski definition) is 2. The first-order valence-electron chi connectivity index (χ1n) is 5.96. The molecule has 1 fully saturated rings. The summed E-state index contributed by atoms with van der Waals surface area (Å²) < 4.78 is 12.2. The molecule has 0 aromatic rings. The van der Waals surface area contributed by atoms with E-state index in [1.807, 2.05) is 0 Å². The number of rotatable bonds is 4. The van der Waals surface area contributed by atoms with Gasteiger partial charge in [-0.25, -0.2) is 0 Å². The quantitative estimate of drug-likeness (QED) is 0.538. The number of hydrogen-bond donors (Lipinski definition) is 0. The van der Waals surface area contributed by atoms with Crippen molar-refractivity contribution in [3.63, 3.8) is 0 Å². The van der Waals surface area contributed by atoms with Crippen molar-refractivity contribution in [3.8, 4) is 0 Å². The van der Waals surface area contributed by atoms with Gasteiger partial charge < -0.3 is 9.16 Å². The van der Waals surface area contributed by atoms with Crippen molar-refractivity contribution in [2.45, 2.75) is 77.5 Å². The predicted octanol–water partition coefficient (Wildman–Crippen LogP) is 3.92. The van der Waals surface area contributed by atoms with E-state index in [0.717, 1.165) is 12.8 Å². The molecule has 0 aromatic heterocycles. The molecular weight excluding hydrogens is 204 g/mol. The Morgan fingerprint density at radius 2 is 1.60 bits per heavy atom. The van der Waals surface area contributed by atoms with Crippen LogP contribution in [0.25, 0.3) is 0 Å². The number of ether oxygens (including phenoxy) is 1. The van der Waals surface area contributed by atoms with E-state index in [4.69, 9.17) is 9.16 Å². The lowest BCUT2D eigenvalue weighted by Crippen LogP contribution is -2.46. The van der Waals surface area contributed by atoms with Gasteiger partial charge in [0.05, 0.1) is 6.10 Å². The zero-order chi connectivity index (χ0) is 11.9. The van der Waals surface area contributed by atoms with E-state index in [2.05, 4.69) is 47.7 Å². The van der Waals surface area contributed by atoms with E-state index >= 15 is 0 Å². The SMILES string of the molecule is CC(C)OC1(O[Si](C)(C)C(C)(C)C)CC1. The highest BCUT2D eigenvalue weighted by atomic mass is 28.4. The van der Waals surface area contributed by atoms with Crippen LogP contribution in [0, 0.1) is 0 Å². The molecule has 0 aromatic carbocycles. The van der Waals surface area contributed by atoms with Crippen LogP contribution in [0.4, 0.5) is 0 Å². The lowest BCUT2D eigenvalue weighted by Gasteiger charge is -2.39. The van der Waals surface area contributed by atoms with Gasteiger partial charge in [0.25, 0.3) is 0 Å². The van der Waals surface area contributed by atoms with Crippen molar-refractivity contribution in [1.82, 2.24) is 0 Å². The minimum absolute atomic E-state index is 0.225. The van der Waals surface area contributed by atoms with Crippen molar-refractivity contribution in [2.75, 3.05) is 0 Å². The predicted molar refractivity (Wildman–Crippen MR) is 66.5 cm³/mol. The average molecular weight is 230 g/mol. The molecule has 1 saturated carbocycles. The van der Waals surface area contributed by atoms with Crippen LogP contribution >= 0.6 is 0 Å². The van der Waals surface area contributed by atoms with E-state index in [1.165, 1.54) is 0 Å². The molecule has 0 bridgehead atoms. The van der Waals surface area contributed by atoms with E-state index in [1.54, 1.807) is 0 Å². The Balaban J connectivity index is 2.61. The first kappa shape index (κ1) is 13.2. The van der Waals surface area contributed by atoms with Gasteiger partial charge in [-0.15, -0.1) is 0 Å². The molecule has 0 atom stereocenters. The Hall–Kier alpha value is 0.137. The van der Waals surface area contributed by atoms with Gasteiger partial charge in [-0.1, -0.05) is 20.8 Å². The molecule has 3 heteroatoms. The minimum atomic E-state index is -1.67. The smallest absolute Gasteiger partial charge is 0.195 e. The van der Waals surface area contributed by atoms with Crippen LogP contribution < -0.4 is 0 Å². The van der Waals surface area contributed by atoms with Gasteiger partial charge >= 0.3 is 0 Å². The van der Waals surface area contributed by atoms with Gasteiger partial charge in [0.1, 0.15) is 0 Å². The molecular formula is C12H26O2Si. The Morgan fingerprint density at radius 3 is 1.87 bits per heavy atom. The molecule has 0 heterocycles. The van der Waals surface area contributed by atoms with Crippen molar-refractivity contribution < 1.29 is 9.16 Å². The third-order valence-corrected chi connectivity index (χ3v) is 7.85. The van der Waals surface area contributed by atoms with Crippen molar-refractivity contribution in [1.29, 1.82) is 0 Å². The van der Waals surface area contributed by atoms with Crippen molar-refractivity contribution in [2.24, 2.45) is 0 Å². The molecule has 15 heavy (non-hydrogen) atoms. The summed E-state index contributed by atoms with van der Waals surface area (Å²) in [4.78, 5) is 0. The maximum absolute atomic E-state index is 6.33. The van der Waals surface area contributed by atoms with Crippen molar-refractivity contribution in [3.05, 3.63) is 0 Å². The van der Waals surface area contributed by atoms with Crippen LogP contribution in [0.1, 0.15) is 47.5 Å². The van der Waals surface area contributed by atoms with E-state index in [0.29, 0.717) is 0 Å². The van der Waals surface area contributed by atoms with Crippen LogP contribution in [0.15, 0.2) is 0 Å². The summed E-state index contributed by atoms with van der Waals surface area (Å²) in [5.74, 6) is -0.225. The normalized spacial score (nSPS) is 20.8. The van der Waals surface area contributed by atoms with Gasteiger partial charge in [-0.2, -0.15) is 0 Å². The second-order valence-electron chi connectivity index (χ2n) is 6.44. The average Bonchev–Trinajstić information content (AvgIpc) is 2.62. The highest BCUT2D eigenvalue weighted by Crippen LogP contribution is 2.48. The summed E-state index contributed by atoms with van der Waals surface area (Å²) in [5, 5.41) is 0.267. The third-order valence-electron chi connectivity index (χ3n) is 3.36. The van der Waals surface area contributed by atoms with E-state index in [-0.39, 0.29) is 16.9 Å². The largest absolute Gasteiger partial charge is 0.390 e. The minimum Gasteiger partial charge on any atom is -0.390 e. The first-order chi connectivity index (χ1) is 6.58. The Labute approximate surface area is 95.5 Å². The molecule has 0 N–H and O–H groups in total. The highest BCUT2D eigenvalue weighted by Gasteiger charge is 2.53. The van der Waals surface area contributed by atoms with Crippen LogP contribution in [0.2, 0.25) is 18.1 Å². The molecule has 1 rings (SSSR count). The van der Waals surface area contributed by atoms with Crippen LogP contribution in [-0.2, 0) is 9.16 Å². The molecule has 1 aliphatic carbocycles. The summed E-state index contributed by atoms with van der Waals surface area (Å²) in [6.07, 6.45) is 2.40. The lowest BCUT2D eigenvalue weighted by molar-refractivity contribution is -0.139. The topological polar surface area (TPSA) is 18.5 Å². The molecule has 0 aliphatic heterocycles. The lowest BCUT2D eigenvalue weighted by atomic mass is 10.2. The summed E-state index contributed by atoms with van der Waals surface area (Å²) in [7, 11) is -1.67. The Morgan fingerprint density at radius 1 is 1.13 bits per heavy atom. The second kappa shape index (κ2) is 3.86. The zero-order valence-corrected chi connectivity index (χ0v) is 12.3. The molecule has 90 valence electrons. The van der Waals surface area contributed by atoms with Gasteiger partial charge in [0.15, 0.2) is 14.1 Å². The van der Waals surface area contributed by atoms with Gasteiger partial charge in [0, 0.05) is 12.8 Å². The summed E-state index contributed by atoms with van der Waals surface area (Å²) in [5.41, 5.74) is 0. The summed E-state index contributed by atoms with van der Waals surface area (Å²) in [6, 6.07) is 0. The fourth-order valence-electron chi connectivity index (χ4n) is 1.39. The maximum atomic E-state index is 6.33. The monoisotopic (exact) mass is 230 g/mol. The van der Waals surface area contributed by atoms with E-state index < -0.39 is 8.32 Å². The van der Waals surface area contributed by atoms with Gasteiger partial charge in [-0.05, 0) is 32.0 Å². The third kappa shape index (κ3) is 3.30. The van der Waals surface area contributed by atoms with E-state index in [9.17, 15) is 0 Å². The standard InChI is InChI=1S/C12H26O2Si/c1-10(2)13-12(8-9-12)14-15(6,7)11(3,4)5/h10H,8-9H2,1-7H3. The molecule has 0 amide bonds. The summed E-state index contributed by atoms with van der Waals surface area (Å²) in [6.45, 7) is 15.5. The zero-order valence-electron chi connectivity index (χ0n) is 11.3. The fourth-order valence-corrected chi connectivity index (χ4v) is 2.88. The van der Waals surface area contributed by atoms with Crippen LogP contribution in [-0.4, -0.2) is 20.2 Å². The van der Waals surface area contributed by atoms with Gasteiger partial charge in [-0.3, -0.25) is 0 Å². The van der Waals surface area contributed by atoms with Crippen LogP contribution in [0.5, 0.6) is 0 Å². The molecule has 0 radical (unpaired) electrons. The van der Waals surface area contributed by atoms with Crippen LogP contribution in [0.3, 0.4) is 0 Å². The maximum Gasteiger partial charge on any atom is 0.195 e.